The summed E-state index contributed by atoms with van der Waals surface area (Å²) in [6.07, 6.45) is -0.578. The van der Waals surface area contributed by atoms with Gasteiger partial charge >= 0.3 is 0 Å². The molecule has 0 aromatic rings. The van der Waals surface area contributed by atoms with Gasteiger partial charge < -0.3 is 0 Å². The van der Waals surface area contributed by atoms with Gasteiger partial charge in [-0.3, -0.25) is 0 Å². The van der Waals surface area contributed by atoms with Crippen molar-refractivity contribution < 1.29 is 13.0 Å². The monoisotopic (exact) mass is 198 g/mol. The standard InChI is InChI=1S/C6H12F2N2OS/c1-2-12(9,11)10-5-3-6(7,8)4-5/h5H,2-4H2,1H3,(H2,9,10,11). The van der Waals surface area contributed by atoms with Gasteiger partial charge in [-0.1, -0.05) is 6.92 Å². The van der Waals surface area contributed by atoms with E-state index in [0.717, 1.165) is 0 Å². The second-order valence-corrected chi connectivity index (χ2v) is 5.21. The largest absolute Gasteiger partial charge is 0.251 e. The van der Waals surface area contributed by atoms with E-state index < -0.39 is 21.9 Å². The van der Waals surface area contributed by atoms with Crippen LogP contribution in [0.3, 0.4) is 0 Å². The van der Waals surface area contributed by atoms with Gasteiger partial charge in [-0.05, 0) is 0 Å². The first-order valence-corrected chi connectivity index (χ1v) is 5.49. The molecule has 1 saturated carbocycles. The lowest BCUT2D eigenvalue weighted by atomic mass is 9.89. The number of hydrogen-bond donors (Lipinski definition) is 2. The van der Waals surface area contributed by atoms with E-state index in [1.54, 1.807) is 6.92 Å². The second kappa shape index (κ2) is 2.92. The van der Waals surface area contributed by atoms with Crippen LogP contribution in [0.1, 0.15) is 19.8 Å². The zero-order valence-corrected chi connectivity index (χ0v) is 7.59. The maximum Gasteiger partial charge on any atom is 0.251 e. The van der Waals surface area contributed by atoms with Crippen LogP contribution in [0.4, 0.5) is 8.78 Å². The average Bonchev–Trinajstić information content (AvgIpc) is 1.83. The Hall–Kier alpha value is -0.230. The lowest BCUT2D eigenvalue weighted by Crippen LogP contribution is -2.50. The molecule has 0 spiro atoms. The van der Waals surface area contributed by atoms with E-state index in [4.69, 9.17) is 4.78 Å². The van der Waals surface area contributed by atoms with E-state index in [1.807, 2.05) is 0 Å². The Labute approximate surface area is 70.6 Å². The molecule has 1 fully saturated rings. The molecule has 1 rings (SSSR count). The fourth-order valence-electron chi connectivity index (χ4n) is 1.10. The molecular formula is C6H12F2N2OS. The van der Waals surface area contributed by atoms with E-state index in [1.165, 1.54) is 0 Å². The van der Waals surface area contributed by atoms with Gasteiger partial charge in [-0.25, -0.2) is 22.5 Å². The van der Waals surface area contributed by atoms with Crippen molar-refractivity contribution in [3.63, 3.8) is 0 Å². The molecule has 1 aliphatic rings. The predicted molar refractivity (Wildman–Crippen MR) is 42.5 cm³/mol. The number of hydrogen-bond acceptors (Lipinski definition) is 2. The van der Waals surface area contributed by atoms with Crippen LogP contribution in [0.15, 0.2) is 0 Å². The van der Waals surface area contributed by atoms with Crippen LogP contribution in [-0.2, 0) is 9.92 Å². The molecule has 6 heteroatoms. The molecule has 0 amide bonds. The van der Waals surface area contributed by atoms with E-state index in [0.29, 0.717) is 0 Å². The minimum Gasteiger partial charge on any atom is -0.240 e. The summed E-state index contributed by atoms with van der Waals surface area (Å²) < 4.78 is 45.2. The van der Waals surface area contributed by atoms with Crippen LogP contribution in [0.2, 0.25) is 0 Å². The number of alkyl halides is 2. The van der Waals surface area contributed by atoms with Crippen molar-refractivity contribution in [2.24, 2.45) is 0 Å². The van der Waals surface area contributed by atoms with Crippen LogP contribution in [0.5, 0.6) is 0 Å². The number of rotatable bonds is 3. The van der Waals surface area contributed by atoms with Crippen molar-refractivity contribution in [3.8, 4) is 0 Å². The Morgan fingerprint density at radius 3 is 2.50 bits per heavy atom. The van der Waals surface area contributed by atoms with Crippen LogP contribution >= 0.6 is 0 Å². The van der Waals surface area contributed by atoms with Crippen molar-refractivity contribution in [2.75, 3.05) is 5.75 Å². The molecule has 0 aromatic heterocycles. The Bertz CT molecular complexity index is 255. The average molecular weight is 198 g/mol. The number of halogens is 2. The fourth-order valence-corrected chi connectivity index (χ4v) is 1.97. The molecule has 1 atom stereocenters. The van der Waals surface area contributed by atoms with Gasteiger partial charge in [0.05, 0.1) is 0 Å². The Morgan fingerprint density at radius 2 is 2.17 bits per heavy atom. The normalized spacial score (nSPS) is 27.6. The third kappa shape index (κ3) is 2.38. The first-order chi connectivity index (χ1) is 5.35. The van der Waals surface area contributed by atoms with E-state index in [9.17, 15) is 13.0 Å². The zero-order valence-electron chi connectivity index (χ0n) is 6.77. The minimum absolute atomic E-state index is 0.162. The molecule has 1 unspecified atom stereocenters. The maximum absolute atomic E-state index is 12.3. The minimum atomic E-state index is -2.81. The SMILES string of the molecule is CCS(=N)(=O)NC1CC(F)(F)C1. The molecule has 0 heterocycles. The highest BCUT2D eigenvalue weighted by atomic mass is 32.2. The Kier molecular flexibility index (Phi) is 2.40. The highest BCUT2D eigenvalue weighted by Crippen LogP contribution is 2.37. The van der Waals surface area contributed by atoms with Gasteiger partial charge in [0, 0.05) is 24.6 Å². The van der Waals surface area contributed by atoms with Gasteiger partial charge in [0.1, 0.15) is 9.92 Å². The molecule has 72 valence electrons. The van der Waals surface area contributed by atoms with Gasteiger partial charge in [0.15, 0.2) is 0 Å². The van der Waals surface area contributed by atoms with Crippen molar-refractivity contribution in [3.05, 3.63) is 0 Å². The molecule has 0 aliphatic heterocycles. The summed E-state index contributed by atoms with van der Waals surface area (Å²) in [6, 6.07) is -0.440. The molecule has 0 bridgehead atoms. The van der Waals surface area contributed by atoms with Crippen LogP contribution in [-0.4, -0.2) is 21.9 Å². The van der Waals surface area contributed by atoms with Crippen LogP contribution in [0, 0.1) is 4.78 Å². The summed E-state index contributed by atoms with van der Waals surface area (Å²) in [6.45, 7) is 1.60. The summed E-state index contributed by atoms with van der Waals surface area (Å²) in [7, 11) is -2.81. The lowest BCUT2D eigenvalue weighted by molar-refractivity contribution is -0.0875. The first-order valence-electron chi connectivity index (χ1n) is 3.76. The lowest BCUT2D eigenvalue weighted by Gasteiger charge is -2.35. The molecular weight excluding hydrogens is 186 g/mol. The molecule has 0 aromatic carbocycles. The quantitative estimate of drug-likeness (QED) is 0.706. The predicted octanol–water partition coefficient (Wildman–Crippen LogP) is 1.36. The molecule has 3 nitrogen and oxygen atoms in total. The Balaban J connectivity index is 2.38. The summed E-state index contributed by atoms with van der Waals surface area (Å²) in [5.41, 5.74) is 0. The number of nitrogens with one attached hydrogen (secondary N) is 2. The van der Waals surface area contributed by atoms with Gasteiger partial charge in [-0.2, -0.15) is 0 Å². The van der Waals surface area contributed by atoms with Crippen molar-refractivity contribution in [1.82, 2.24) is 4.72 Å². The molecule has 2 N–H and O–H groups in total. The van der Waals surface area contributed by atoms with Crippen LogP contribution < -0.4 is 4.72 Å². The summed E-state index contributed by atoms with van der Waals surface area (Å²) in [4.78, 5) is 0. The van der Waals surface area contributed by atoms with E-state index >= 15 is 0 Å². The van der Waals surface area contributed by atoms with Gasteiger partial charge in [-0.15, -0.1) is 0 Å². The zero-order chi connectivity index (χ0) is 9.41. The topological polar surface area (TPSA) is 53.0 Å². The van der Waals surface area contributed by atoms with E-state index in [2.05, 4.69) is 4.72 Å². The maximum atomic E-state index is 12.3. The third-order valence-corrected chi connectivity index (χ3v) is 3.38. The van der Waals surface area contributed by atoms with Gasteiger partial charge in [0.2, 0.25) is 0 Å². The summed E-state index contributed by atoms with van der Waals surface area (Å²) in [5, 5.41) is 0. The van der Waals surface area contributed by atoms with Gasteiger partial charge in [0.25, 0.3) is 5.92 Å². The second-order valence-electron chi connectivity index (χ2n) is 3.04. The van der Waals surface area contributed by atoms with E-state index in [-0.39, 0.29) is 18.6 Å². The van der Waals surface area contributed by atoms with Crippen molar-refractivity contribution >= 4 is 9.92 Å². The molecule has 0 radical (unpaired) electrons. The highest BCUT2D eigenvalue weighted by molar-refractivity contribution is 7.90. The smallest absolute Gasteiger partial charge is 0.240 e. The first kappa shape index (κ1) is 9.85. The summed E-state index contributed by atoms with van der Waals surface area (Å²) in [5.74, 6) is -2.45. The Morgan fingerprint density at radius 1 is 1.67 bits per heavy atom. The highest BCUT2D eigenvalue weighted by Gasteiger charge is 2.46. The third-order valence-electron chi connectivity index (χ3n) is 1.85. The summed E-state index contributed by atoms with van der Waals surface area (Å²) >= 11 is 0. The molecule has 12 heavy (non-hydrogen) atoms. The van der Waals surface area contributed by atoms with Crippen molar-refractivity contribution in [1.29, 1.82) is 4.78 Å². The fraction of sp³-hybridized carbons (Fsp3) is 1.00. The molecule has 0 saturated heterocycles. The van der Waals surface area contributed by atoms with Crippen LogP contribution in [0.25, 0.3) is 0 Å². The van der Waals surface area contributed by atoms with Crippen molar-refractivity contribution in [2.45, 2.75) is 31.7 Å². The molecule has 1 aliphatic carbocycles.